The monoisotopic (exact) mass is 224 g/mol. The van der Waals surface area contributed by atoms with Crippen LogP contribution in [0.25, 0.3) is 0 Å². The van der Waals surface area contributed by atoms with E-state index in [0.29, 0.717) is 13.0 Å². The van der Waals surface area contributed by atoms with E-state index in [1.807, 2.05) is 6.92 Å². The molecule has 1 N–H and O–H groups in total. The number of nitrogens with zero attached hydrogens (tertiary/aromatic N) is 1. The van der Waals surface area contributed by atoms with Gasteiger partial charge in [0.2, 0.25) is 0 Å². The lowest BCUT2D eigenvalue weighted by Gasteiger charge is -2.13. The summed E-state index contributed by atoms with van der Waals surface area (Å²) < 4.78 is 25.2. The second kappa shape index (κ2) is 6.19. The van der Waals surface area contributed by atoms with Gasteiger partial charge in [-0.1, -0.05) is 6.07 Å². The molecule has 0 saturated heterocycles. The predicted octanol–water partition coefficient (Wildman–Crippen LogP) is 2.71. The first-order valence-electron chi connectivity index (χ1n) is 5.18. The molecular weight excluding hydrogens is 210 g/mol. The van der Waals surface area contributed by atoms with E-state index < -0.39 is 5.82 Å². The molecule has 1 aromatic carbocycles. The van der Waals surface area contributed by atoms with Crippen molar-refractivity contribution in [2.45, 2.75) is 19.4 Å². The molecule has 0 radical (unpaired) electrons. The zero-order chi connectivity index (χ0) is 12.0. The fourth-order valence-corrected chi connectivity index (χ4v) is 1.39. The average molecular weight is 224 g/mol. The summed E-state index contributed by atoms with van der Waals surface area (Å²) in [6.45, 7) is 2.07. The molecular formula is C12H14F2N2. The highest BCUT2D eigenvalue weighted by molar-refractivity contribution is 5.34. The van der Waals surface area contributed by atoms with Crippen LogP contribution in [-0.4, -0.2) is 13.2 Å². The quantitative estimate of drug-likeness (QED) is 0.780. The van der Waals surface area contributed by atoms with Gasteiger partial charge in [0.25, 0.3) is 0 Å². The first kappa shape index (κ1) is 12.6. The van der Waals surface area contributed by atoms with Gasteiger partial charge in [-0.2, -0.15) is 5.26 Å². The van der Waals surface area contributed by atoms with Crippen LogP contribution in [0.1, 0.15) is 30.5 Å². The van der Waals surface area contributed by atoms with Gasteiger partial charge in [-0.3, -0.25) is 4.39 Å². The summed E-state index contributed by atoms with van der Waals surface area (Å²) >= 11 is 0. The van der Waals surface area contributed by atoms with Crippen LogP contribution in [0.2, 0.25) is 0 Å². The van der Waals surface area contributed by atoms with E-state index in [1.165, 1.54) is 12.1 Å². The molecule has 0 spiro atoms. The van der Waals surface area contributed by atoms with Crippen molar-refractivity contribution in [2.24, 2.45) is 0 Å². The molecule has 0 bridgehead atoms. The van der Waals surface area contributed by atoms with E-state index in [4.69, 9.17) is 5.26 Å². The average Bonchev–Trinajstić information content (AvgIpc) is 2.29. The van der Waals surface area contributed by atoms with Gasteiger partial charge in [-0.05, 0) is 37.6 Å². The third kappa shape index (κ3) is 3.28. The van der Waals surface area contributed by atoms with Gasteiger partial charge < -0.3 is 5.32 Å². The Kier molecular flexibility index (Phi) is 4.87. The Bertz CT molecular complexity index is 385. The zero-order valence-corrected chi connectivity index (χ0v) is 9.13. The number of hydrogen-bond acceptors (Lipinski definition) is 2. The summed E-state index contributed by atoms with van der Waals surface area (Å²) in [7, 11) is 0. The summed E-state index contributed by atoms with van der Waals surface area (Å²) in [5.74, 6) is -0.515. The Morgan fingerprint density at radius 2 is 2.25 bits per heavy atom. The second-order valence-electron chi connectivity index (χ2n) is 3.57. The molecule has 1 unspecified atom stereocenters. The maximum Gasteiger partial charge on any atom is 0.141 e. The van der Waals surface area contributed by atoms with E-state index in [2.05, 4.69) is 5.32 Å². The Balaban J connectivity index is 2.66. The Hall–Kier alpha value is -1.47. The highest BCUT2D eigenvalue weighted by Crippen LogP contribution is 2.16. The lowest BCUT2D eigenvalue weighted by Crippen LogP contribution is -2.20. The number of alkyl halides is 1. The topological polar surface area (TPSA) is 35.8 Å². The molecule has 0 fully saturated rings. The molecule has 1 rings (SSSR count). The van der Waals surface area contributed by atoms with Crippen molar-refractivity contribution in [2.75, 3.05) is 13.2 Å². The minimum absolute atomic E-state index is 0.0414. The van der Waals surface area contributed by atoms with Crippen LogP contribution in [-0.2, 0) is 0 Å². The lowest BCUT2D eigenvalue weighted by atomic mass is 10.1. The molecule has 4 heteroatoms. The van der Waals surface area contributed by atoms with Gasteiger partial charge in [-0.25, -0.2) is 4.39 Å². The fraction of sp³-hybridized carbons (Fsp3) is 0.417. The summed E-state index contributed by atoms with van der Waals surface area (Å²) in [6.07, 6.45) is 0.448. The minimum Gasteiger partial charge on any atom is -0.310 e. The summed E-state index contributed by atoms with van der Waals surface area (Å²) in [5, 5.41) is 11.6. The Morgan fingerprint density at radius 3 is 2.81 bits per heavy atom. The predicted molar refractivity (Wildman–Crippen MR) is 58.1 cm³/mol. The van der Waals surface area contributed by atoms with Gasteiger partial charge in [0, 0.05) is 6.04 Å². The van der Waals surface area contributed by atoms with Gasteiger partial charge in [-0.15, -0.1) is 0 Å². The van der Waals surface area contributed by atoms with Crippen molar-refractivity contribution >= 4 is 0 Å². The van der Waals surface area contributed by atoms with E-state index in [0.717, 1.165) is 5.56 Å². The van der Waals surface area contributed by atoms with E-state index in [-0.39, 0.29) is 18.3 Å². The maximum absolute atomic E-state index is 13.3. The van der Waals surface area contributed by atoms with Crippen molar-refractivity contribution < 1.29 is 8.78 Å². The third-order valence-electron chi connectivity index (χ3n) is 2.37. The third-order valence-corrected chi connectivity index (χ3v) is 2.37. The molecule has 1 atom stereocenters. The molecule has 0 aliphatic heterocycles. The standard InChI is InChI=1S/C12H14F2N2/c1-9(16-6-2-5-13)10-3-4-11(8-15)12(14)7-10/h3-4,7,9,16H,2,5-6H2,1H3. The smallest absolute Gasteiger partial charge is 0.141 e. The largest absolute Gasteiger partial charge is 0.310 e. The van der Waals surface area contributed by atoms with Crippen LogP contribution in [0, 0.1) is 17.1 Å². The number of nitriles is 1. The Labute approximate surface area is 93.9 Å². The van der Waals surface area contributed by atoms with Crippen LogP contribution in [0.3, 0.4) is 0 Å². The molecule has 0 heterocycles. The first-order chi connectivity index (χ1) is 7.69. The molecule has 1 aromatic rings. The van der Waals surface area contributed by atoms with Crippen molar-refractivity contribution in [3.8, 4) is 6.07 Å². The second-order valence-corrected chi connectivity index (χ2v) is 3.57. The maximum atomic E-state index is 13.3. The van der Waals surface area contributed by atoms with E-state index in [1.54, 1.807) is 12.1 Å². The van der Waals surface area contributed by atoms with Gasteiger partial charge >= 0.3 is 0 Å². The van der Waals surface area contributed by atoms with Gasteiger partial charge in [0.1, 0.15) is 11.9 Å². The summed E-state index contributed by atoms with van der Waals surface area (Å²) in [5.41, 5.74) is 0.801. The number of hydrogen-bond donors (Lipinski definition) is 1. The first-order valence-corrected chi connectivity index (χ1v) is 5.18. The van der Waals surface area contributed by atoms with Crippen LogP contribution in [0.15, 0.2) is 18.2 Å². The van der Waals surface area contributed by atoms with Crippen molar-refractivity contribution in [1.29, 1.82) is 5.26 Å². The van der Waals surface area contributed by atoms with Gasteiger partial charge in [0.05, 0.1) is 12.2 Å². The molecule has 0 aromatic heterocycles. The number of halogens is 2. The number of rotatable bonds is 5. The summed E-state index contributed by atoms with van der Waals surface area (Å²) in [4.78, 5) is 0. The molecule has 0 saturated carbocycles. The van der Waals surface area contributed by atoms with Crippen LogP contribution in [0.4, 0.5) is 8.78 Å². The number of benzene rings is 1. The van der Waals surface area contributed by atoms with Crippen LogP contribution in [0.5, 0.6) is 0 Å². The summed E-state index contributed by atoms with van der Waals surface area (Å²) in [6, 6.07) is 6.22. The molecule has 0 aliphatic carbocycles. The zero-order valence-electron chi connectivity index (χ0n) is 9.13. The number of nitrogens with one attached hydrogen (secondary N) is 1. The van der Waals surface area contributed by atoms with Crippen molar-refractivity contribution in [3.63, 3.8) is 0 Å². The molecule has 0 amide bonds. The highest BCUT2D eigenvalue weighted by atomic mass is 19.1. The highest BCUT2D eigenvalue weighted by Gasteiger charge is 2.08. The lowest BCUT2D eigenvalue weighted by molar-refractivity contribution is 0.445. The SMILES string of the molecule is CC(NCCCF)c1ccc(C#N)c(F)c1. The molecule has 16 heavy (non-hydrogen) atoms. The molecule has 0 aliphatic rings. The van der Waals surface area contributed by atoms with Crippen LogP contribution >= 0.6 is 0 Å². The van der Waals surface area contributed by atoms with Crippen molar-refractivity contribution in [3.05, 3.63) is 35.1 Å². The Morgan fingerprint density at radius 1 is 1.50 bits per heavy atom. The normalized spacial score (nSPS) is 12.1. The minimum atomic E-state index is -0.515. The molecule has 86 valence electrons. The fourth-order valence-electron chi connectivity index (χ4n) is 1.39. The van der Waals surface area contributed by atoms with Crippen molar-refractivity contribution in [1.82, 2.24) is 5.32 Å². The van der Waals surface area contributed by atoms with E-state index in [9.17, 15) is 8.78 Å². The molecule has 2 nitrogen and oxygen atoms in total. The van der Waals surface area contributed by atoms with Crippen LogP contribution < -0.4 is 5.32 Å². The van der Waals surface area contributed by atoms with E-state index >= 15 is 0 Å². The van der Waals surface area contributed by atoms with Gasteiger partial charge in [0.15, 0.2) is 0 Å².